The molecule has 1 atom stereocenters. The van der Waals surface area contributed by atoms with Crippen molar-refractivity contribution >= 4 is 23.2 Å². The zero-order valence-corrected chi connectivity index (χ0v) is 11.8. The molecule has 0 aliphatic carbocycles. The maximum Gasteiger partial charge on any atom is 0.150 e. The van der Waals surface area contributed by atoms with Gasteiger partial charge in [-0.25, -0.2) is 9.97 Å². The van der Waals surface area contributed by atoms with E-state index in [-0.39, 0.29) is 11.9 Å². The molecule has 0 fully saturated rings. The molecule has 20 heavy (non-hydrogen) atoms. The highest BCUT2D eigenvalue weighted by molar-refractivity contribution is 6.35. The van der Waals surface area contributed by atoms with Gasteiger partial charge in [-0.1, -0.05) is 29.8 Å². The van der Waals surface area contributed by atoms with Gasteiger partial charge in [0.2, 0.25) is 0 Å². The monoisotopic (exact) mass is 290 g/mol. The van der Waals surface area contributed by atoms with Gasteiger partial charge in [-0.3, -0.25) is 0 Å². The molecule has 3 rings (SSSR count). The standard InChI is InChI=1S/C14H15ClN4O/c1-8-3-2-4-9-10(5-6-20-12(8)9)19-14-11(15)13(16)17-7-18-14/h2-4,7,10H,5-6H2,1H3,(H3,16,17,18,19)/t10-/m0/s1. The van der Waals surface area contributed by atoms with Crippen LogP contribution in [0.5, 0.6) is 5.75 Å². The second-order valence-electron chi connectivity index (χ2n) is 4.75. The van der Waals surface area contributed by atoms with Gasteiger partial charge in [0.05, 0.1) is 12.6 Å². The van der Waals surface area contributed by atoms with E-state index < -0.39 is 0 Å². The van der Waals surface area contributed by atoms with Gasteiger partial charge in [-0.05, 0) is 12.5 Å². The van der Waals surface area contributed by atoms with E-state index in [9.17, 15) is 0 Å². The summed E-state index contributed by atoms with van der Waals surface area (Å²) >= 11 is 6.13. The quantitative estimate of drug-likeness (QED) is 0.889. The number of para-hydroxylation sites is 1. The first-order valence-corrected chi connectivity index (χ1v) is 6.79. The zero-order valence-electron chi connectivity index (χ0n) is 11.1. The Balaban J connectivity index is 1.94. The molecular formula is C14H15ClN4O. The van der Waals surface area contributed by atoms with Crippen LogP contribution in [0.15, 0.2) is 24.5 Å². The number of nitrogens with two attached hydrogens (primary N) is 1. The van der Waals surface area contributed by atoms with Crippen molar-refractivity contribution in [3.8, 4) is 5.75 Å². The normalized spacial score (nSPS) is 17.2. The first-order chi connectivity index (χ1) is 9.66. The number of nitrogens with zero attached hydrogens (tertiary/aromatic N) is 2. The average Bonchev–Trinajstić information content (AvgIpc) is 2.45. The van der Waals surface area contributed by atoms with Crippen LogP contribution in [0.4, 0.5) is 11.6 Å². The zero-order chi connectivity index (χ0) is 14.1. The minimum Gasteiger partial charge on any atom is -0.493 e. The van der Waals surface area contributed by atoms with Crippen molar-refractivity contribution in [2.75, 3.05) is 17.7 Å². The number of hydrogen-bond acceptors (Lipinski definition) is 5. The van der Waals surface area contributed by atoms with Crippen molar-refractivity contribution in [1.82, 2.24) is 9.97 Å². The van der Waals surface area contributed by atoms with Gasteiger partial charge in [0.1, 0.15) is 22.9 Å². The van der Waals surface area contributed by atoms with Gasteiger partial charge in [-0.2, -0.15) is 0 Å². The van der Waals surface area contributed by atoms with Crippen molar-refractivity contribution in [2.24, 2.45) is 0 Å². The average molecular weight is 291 g/mol. The number of rotatable bonds is 2. The highest BCUT2D eigenvalue weighted by atomic mass is 35.5. The molecule has 1 aromatic heterocycles. The number of aromatic nitrogens is 2. The predicted molar refractivity (Wildman–Crippen MR) is 79.1 cm³/mol. The Labute approximate surface area is 122 Å². The van der Waals surface area contributed by atoms with Crippen molar-refractivity contribution in [2.45, 2.75) is 19.4 Å². The summed E-state index contributed by atoms with van der Waals surface area (Å²) in [5.74, 6) is 1.77. The van der Waals surface area contributed by atoms with Gasteiger partial charge in [0, 0.05) is 12.0 Å². The fourth-order valence-electron chi connectivity index (χ4n) is 2.38. The number of benzene rings is 1. The number of halogens is 1. The first kappa shape index (κ1) is 13.0. The van der Waals surface area contributed by atoms with E-state index in [4.69, 9.17) is 22.1 Å². The minimum absolute atomic E-state index is 0.102. The molecule has 5 nitrogen and oxygen atoms in total. The highest BCUT2D eigenvalue weighted by Crippen LogP contribution is 2.37. The SMILES string of the molecule is Cc1cccc2c1OCC[C@@H]2Nc1ncnc(N)c1Cl. The van der Waals surface area contributed by atoms with Crippen molar-refractivity contribution in [1.29, 1.82) is 0 Å². The molecule has 2 aromatic rings. The third-order valence-electron chi connectivity index (χ3n) is 3.40. The van der Waals surface area contributed by atoms with Crippen LogP contribution in [0.1, 0.15) is 23.6 Å². The van der Waals surface area contributed by atoms with Crippen LogP contribution in [0.2, 0.25) is 5.02 Å². The van der Waals surface area contributed by atoms with E-state index in [2.05, 4.69) is 21.4 Å². The molecule has 0 saturated heterocycles. The van der Waals surface area contributed by atoms with E-state index in [0.717, 1.165) is 23.3 Å². The summed E-state index contributed by atoms with van der Waals surface area (Å²) in [6, 6.07) is 6.22. The molecule has 3 N–H and O–H groups in total. The van der Waals surface area contributed by atoms with Gasteiger partial charge in [0.25, 0.3) is 0 Å². The highest BCUT2D eigenvalue weighted by Gasteiger charge is 2.23. The van der Waals surface area contributed by atoms with Crippen LogP contribution >= 0.6 is 11.6 Å². The Hall–Kier alpha value is -2.01. The Bertz CT molecular complexity index is 647. The number of aryl methyl sites for hydroxylation is 1. The van der Waals surface area contributed by atoms with Crippen molar-refractivity contribution in [3.05, 3.63) is 40.7 Å². The third-order valence-corrected chi connectivity index (χ3v) is 3.77. The minimum atomic E-state index is 0.102. The molecule has 1 aromatic carbocycles. The molecule has 0 spiro atoms. The van der Waals surface area contributed by atoms with Crippen LogP contribution < -0.4 is 15.8 Å². The van der Waals surface area contributed by atoms with Gasteiger partial charge < -0.3 is 15.8 Å². The van der Waals surface area contributed by atoms with Crippen LogP contribution in [-0.4, -0.2) is 16.6 Å². The summed E-state index contributed by atoms with van der Waals surface area (Å²) in [7, 11) is 0. The second-order valence-corrected chi connectivity index (χ2v) is 5.13. The maximum absolute atomic E-state index is 6.13. The number of fused-ring (bicyclic) bond motifs is 1. The molecule has 1 aliphatic heterocycles. The lowest BCUT2D eigenvalue weighted by atomic mass is 9.98. The number of anilines is 2. The molecule has 0 amide bonds. The topological polar surface area (TPSA) is 73.1 Å². The fraction of sp³-hybridized carbons (Fsp3) is 0.286. The van der Waals surface area contributed by atoms with E-state index >= 15 is 0 Å². The Morgan fingerprint density at radius 3 is 3.10 bits per heavy atom. The summed E-state index contributed by atoms with van der Waals surface area (Å²) in [5, 5.41) is 3.69. The molecular weight excluding hydrogens is 276 g/mol. The van der Waals surface area contributed by atoms with Crippen LogP contribution in [0.25, 0.3) is 0 Å². The Morgan fingerprint density at radius 2 is 2.25 bits per heavy atom. The molecule has 0 bridgehead atoms. The van der Waals surface area contributed by atoms with Crippen LogP contribution in [0, 0.1) is 6.92 Å². The third kappa shape index (κ3) is 2.25. The molecule has 2 heterocycles. The number of nitrogens with one attached hydrogen (secondary N) is 1. The van der Waals surface area contributed by atoms with E-state index in [0.29, 0.717) is 17.4 Å². The lowest BCUT2D eigenvalue weighted by Crippen LogP contribution is -2.21. The van der Waals surface area contributed by atoms with Crippen LogP contribution in [0.3, 0.4) is 0 Å². The molecule has 6 heteroatoms. The van der Waals surface area contributed by atoms with Gasteiger partial charge in [-0.15, -0.1) is 0 Å². The van der Waals surface area contributed by atoms with Gasteiger partial charge >= 0.3 is 0 Å². The summed E-state index contributed by atoms with van der Waals surface area (Å²) < 4.78 is 5.75. The van der Waals surface area contributed by atoms with E-state index in [1.165, 1.54) is 6.33 Å². The summed E-state index contributed by atoms with van der Waals surface area (Å²) in [6.45, 7) is 2.70. The number of hydrogen-bond donors (Lipinski definition) is 2. The summed E-state index contributed by atoms with van der Waals surface area (Å²) in [6.07, 6.45) is 2.25. The van der Waals surface area contributed by atoms with Crippen LogP contribution in [-0.2, 0) is 0 Å². The maximum atomic E-state index is 6.13. The Kier molecular flexibility index (Phi) is 3.36. The number of ether oxygens (including phenoxy) is 1. The van der Waals surface area contributed by atoms with Crippen molar-refractivity contribution in [3.63, 3.8) is 0 Å². The lowest BCUT2D eigenvalue weighted by Gasteiger charge is -2.28. The van der Waals surface area contributed by atoms with Gasteiger partial charge in [0.15, 0.2) is 5.82 Å². The Morgan fingerprint density at radius 1 is 1.40 bits per heavy atom. The summed E-state index contributed by atoms with van der Waals surface area (Å²) in [5.41, 5.74) is 7.94. The van der Waals surface area contributed by atoms with E-state index in [1.54, 1.807) is 0 Å². The molecule has 1 aliphatic rings. The fourth-order valence-corrected chi connectivity index (χ4v) is 2.53. The van der Waals surface area contributed by atoms with E-state index in [1.807, 2.05) is 19.1 Å². The van der Waals surface area contributed by atoms with Crippen molar-refractivity contribution < 1.29 is 4.74 Å². The lowest BCUT2D eigenvalue weighted by molar-refractivity contribution is 0.272. The largest absolute Gasteiger partial charge is 0.493 e. The molecule has 0 radical (unpaired) electrons. The molecule has 0 unspecified atom stereocenters. The molecule has 104 valence electrons. The first-order valence-electron chi connectivity index (χ1n) is 6.41. The molecule has 0 saturated carbocycles. The predicted octanol–water partition coefficient (Wildman–Crippen LogP) is 2.96. The summed E-state index contributed by atoms with van der Waals surface area (Å²) in [4.78, 5) is 8.01. The smallest absolute Gasteiger partial charge is 0.150 e. The number of nitrogen functional groups attached to an aromatic ring is 1. The second kappa shape index (κ2) is 5.17.